The van der Waals surface area contributed by atoms with Crippen LogP contribution in [0.5, 0.6) is 0 Å². The van der Waals surface area contributed by atoms with Crippen molar-refractivity contribution in [1.29, 1.82) is 0 Å². The summed E-state index contributed by atoms with van der Waals surface area (Å²) in [6.45, 7) is 2.90. The second kappa shape index (κ2) is 5.27. The van der Waals surface area contributed by atoms with Crippen molar-refractivity contribution in [2.24, 2.45) is 0 Å². The SMILES string of the molecule is CC1CCCN1C(=O)c1cccc(C(=O)NC2CC2)c1. The molecule has 1 aliphatic carbocycles. The molecule has 2 aliphatic rings. The van der Waals surface area contributed by atoms with Crippen LogP contribution in [0.3, 0.4) is 0 Å². The Morgan fingerprint density at radius 1 is 1.20 bits per heavy atom. The summed E-state index contributed by atoms with van der Waals surface area (Å²) in [6, 6.07) is 7.69. The molecule has 2 amide bonds. The number of hydrogen-bond donors (Lipinski definition) is 1. The van der Waals surface area contributed by atoms with Gasteiger partial charge in [0.2, 0.25) is 0 Å². The average molecular weight is 272 g/mol. The predicted molar refractivity (Wildman–Crippen MR) is 76.7 cm³/mol. The van der Waals surface area contributed by atoms with Crippen molar-refractivity contribution in [3.05, 3.63) is 35.4 Å². The molecular formula is C16H20N2O2. The van der Waals surface area contributed by atoms with Crippen molar-refractivity contribution < 1.29 is 9.59 Å². The Morgan fingerprint density at radius 2 is 1.95 bits per heavy atom. The maximum atomic E-state index is 12.5. The predicted octanol–water partition coefficient (Wildman–Crippen LogP) is 2.20. The molecule has 106 valence electrons. The highest BCUT2D eigenvalue weighted by molar-refractivity contribution is 6.00. The van der Waals surface area contributed by atoms with Crippen molar-refractivity contribution in [3.63, 3.8) is 0 Å². The smallest absolute Gasteiger partial charge is 0.254 e. The molecule has 0 radical (unpaired) electrons. The van der Waals surface area contributed by atoms with E-state index in [0.29, 0.717) is 23.2 Å². The molecular weight excluding hydrogens is 252 g/mol. The van der Waals surface area contributed by atoms with Gasteiger partial charge >= 0.3 is 0 Å². The number of nitrogens with one attached hydrogen (secondary N) is 1. The number of benzene rings is 1. The molecule has 1 aromatic rings. The Hall–Kier alpha value is -1.84. The van der Waals surface area contributed by atoms with Gasteiger partial charge in [0.15, 0.2) is 0 Å². The van der Waals surface area contributed by atoms with Gasteiger partial charge in [-0.2, -0.15) is 0 Å². The van der Waals surface area contributed by atoms with E-state index >= 15 is 0 Å². The molecule has 1 aromatic carbocycles. The van der Waals surface area contributed by atoms with E-state index in [0.717, 1.165) is 32.2 Å². The number of nitrogens with zero attached hydrogens (tertiary/aromatic N) is 1. The number of carbonyl (C=O) groups excluding carboxylic acids is 2. The molecule has 3 rings (SSSR count). The Kier molecular flexibility index (Phi) is 3.47. The fourth-order valence-corrected chi connectivity index (χ4v) is 2.69. The first-order valence-corrected chi connectivity index (χ1v) is 7.37. The van der Waals surface area contributed by atoms with Crippen LogP contribution in [0, 0.1) is 0 Å². The lowest BCUT2D eigenvalue weighted by Gasteiger charge is -2.21. The first kappa shape index (κ1) is 13.2. The van der Waals surface area contributed by atoms with E-state index < -0.39 is 0 Å². The maximum Gasteiger partial charge on any atom is 0.254 e. The minimum atomic E-state index is -0.0726. The summed E-state index contributed by atoms with van der Waals surface area (Å²) in [5, 5.41) is 2.95. The van der Waals surface area contributed by atoms with E-state index in [1.54, 1.807) is 24.3 Å². The second-order valence-corrected chi connectivity index (χ2v) is 5.82. The molecule has 1 N–H and O–H groups in total. The number of likely N-dealkylation sites (tertiary alicyclic amines) is 1. The number of amides is 2. The third kappa shape index (κ3) is 2.69. The third-order valence-corrected chi connectivity index (χ3v) is 4.10. The zero-order chi connectivity index (χ0) is 14.1. The molecule has 2 fully saturated rings. The van der Waals surface area contributed by atoms with Crippen LogP contribution in [0.4, 0.5) is 0 Å². The Morgan fingerprint density at radius 3 is 2.60 bits per heavy atom. The van der Waals surface area contributed by atoms with Gasteiger partial charge in [-0.25, -0.2) is 0 Å². The first-order valence-electron chi connectivity index (χ1n) is 7.37. The molecule has 1 saturated carbocycles. The van der Waals surface area contributed by atoms with Gasteiger partial charge in [-0.05, 0) is 50.8 Å². The van der Waals surface area contributed by atoms with E-state index in [1.807, 2.05) is 4.90 Å². The highest BCUT2D eigenvalue weighted by atomic mass is 16.2. The summed E-state index contributed by atoms with van der Waals surface area (Å²) in [7, 11) is 0. The van der Waals surface area contributed by atoms with Crippen molar-refractivity contribution >= 4 is 11.8 Å². The zero-order valence-electron chi connectivity index (χ0n) is 11.8. The molecule has 0 bridgehead atoms. The molecule has 4 nitrogen and oxygen atoms in total. The highest BCUT2D eigenvalue weighted by Crippen LogP contribution is 2.21. The normalized spacial score (nSPS) is 21.9. The van der Waals surface area contributed by atoms with Gasteiger partial charge in [-0.3, -0.25) is 9.59 Å². The van der Waals surface area contributed by atoms with Crippen LogP contribution in [-0.2, 0) is 0 Å². The van der Waals surface area contributed by atoms with Crippen LogP contribution < -0.4 is 5.32 Å². The monoisotopic (exact) mass is 272 g/mol. The Bertz CT molecular complexity index is 537. The van der Waals surface area contributed by atoms with Crippen molar-refractivity contribution in [3.8, 4) is 0 Å². The topological polar surface area (TPSA) is 49.4 Å². The quantitative estimate of drug-likeness (QED) is 0.917. The summed E-state index contributed by atoms with van der Waals surface area (Å²) in [5.74, 6) is -0.0345. The van der Waals surface area contributed by atoms with Gasteiger partial charge in [0.05, 0.1) is 0 Å². The van der Waals surface area contributed by atoms with Gasteiger partial charge in [0.1, 0.15) is 0 Å². The summed E-state index contributed by atoms with van der Waals surface area (Å²) in [6.07, 6.45) is 4.26. The minimum absolute atomic E-state index is 0.0380. The van der Waals surface area contributed by atoms with E-state index in [2.05, 4.69) is 12.2 Å². The zero-order valence-corrected chi connectivity index (χ0v) is 11.8. The summed E-state index contributed by atoms with van der Waals surface area (Å²) in [4.78, 5) is 26.4. The lowest BCUT2D eigenvalue weighted by Crippen LogP contribution is -2.34. The maximum absolute atomic E-state index is 12.5. The van der Waals surface area contributed by atoms with E-state index in [-0.39, 0.29) is 11.8 Å². The van der Waals surface area contributed by atoms with E-state index in [1.165, 1.54) is 0 Å². The lowest BCUT2D eigenvalue weighted by molar-refractivity contribution is 0.0747. The average Bonchev–Trinajstić information content (AvgIpc) is 3.17. The van der Waals surface area contributed by atoms with Gasteiger partial charge in [-0.1, -0.05) is 6.07 Å². The van der Waals surface area contributed by atoms with Gasteiger partial charge in [0, 0.05) is 29.8 Å². The molecule has 1 saturated heterocycles. The van der Waals surface area contributed by atoms with Crippen LogP contribution in [-0.4, -0.2) is 35.3 Å². The second-order valence-electron chi connectivity index (χ2n) is 5.82. The minimum Gasteiger partial charge on any atom is -0.349 e. The first-order chi connectivity index (χ1) is 9.65. The third-order valence-electron chi connectivity index (χ3n) is 4.10. The standard InChI is InChI=1S/C16H20N2O2/c1-11-4-3-9-18(11)16(20)13-6-2-5-12(10-13)15(19)17-14-7-8-14/h2,5-6,10-11,14H,3-4,7-9H2,1H3,(H,17,19). The van der Waals surface area contributed by atoms with Crippen LogP contribution in [0.2, 0.25) is 0 Å². The van der Waals surface area contributed by atoms with E-state index in [4.69, 9.17) is 0 Å². The van der Waals surface area contributed by atoms with Crippen molar-refractivity contribution in [2.75, 3.05) is 6.54 Å². The van der Waals surface area contributed by atoms with Crippen LogP contribution in [0.15, 0.2) is 24.3 Å². The molecule has 0 spiro atoms. The van der Waals surface area contributed by atoms with Crippen LogP contribution in [0.25, 0.3) is 0 Å². The number of rotatable bonds is 3. The summed E-state index contributed by atoms with van der Waals surface area (Å²) < 4.78 is 0. The van der Waals surface area contributed by atoms with E-state index in [9.17, 15) is 9.59 Å². The van der Waals surface area contributed by atoms with Crippen LogP contribution in [0.1, 0.15) is 53.3 Å². The lowest BCUT2D eigenvalue weighted by atomic mass is 10.1. The Labute approximate surface area is 119 Å². The molecule has 1 atom stereocenters. The van der Waals surface area contributed by atoms with Gasteiger partial charge < -0.3 is 10.2 Å². The molecule has 1 aliphatic heterocycles. The van der Waals surface area contributed by atoms with Gasteiger partial charge in [0.25, 0.3) is 11.8 Å². The van der Waals surface area contributed by atoms with Crippen LogP contribution >= 0.6 is 0 Å². The Balaban J connectivity index is 1.76. The van der Waals surface area contributed by atoms with Gasteiger partial charge in [-0.15, -0.1) is 0 Å². The molecule has 1 heterocycles. The van der Waals surface area contributed by atoms with Crippen molar-refractivity contribution in [1.82, 2.24) is 10.2 Å². The molecule has 0 aromatic heterocycles. The number of hydrogen-bond acceptors (Lipinski definition) is 2. The highest BCUT2D eigenvalue weighted by Gasteiger charge is 2.27. The van der Waals surface area contributed by atoms with Crippen molar-refractivity contribution in [2.45, 2.75) is 44.7 Å². The largest absolute Gasteiger partial charge is 0.349 e. The molecule has 20 heavy (non-hydrogen) atoms. The summed E-state index contributed by atoms with van der Waals surface area (Å²) in [5.41, 5.74) is 1.19. The summed E-state index contributed by atoms with van der Waals surface area (Å²) >= 11 is 0. The number of carbonyl (C=O) groups is 2. The molecule has 1 unspecified atom stereocenters. The fourth-order valence-electron chi connectivity index (χ4n) is 2.69. The fraction of sp³-hybridized carbons (Fsp3) is 0.500. The molecule has 4 heteroatoms.